The van der Waals surface area contributed by atoms with E-state index in [2.05, 4.69) is 15.2 Å². The standard InChI is InChI=1S/C18H12N2O4.C2H7N.C2H6O/c1-11-15(10-22)14-3-2-13(7-18(14)23-11)24-17-4-5-19-20-8-12(9-21)6-16(17)20;2*1-3-2/h2-10H,1H3;3H,1-2H3;1-2H3. The van der Waals surface area contributed by atoms with E-state index in [0.29, 0.717) is 39.5 Å². The first-order chi connectivity index (χ1) is 14.5. The number of methoxy groups -OCH3 is 1. The maximum absolute atomic E-state index is 11.1. The van der Waals surface area contributed by atoms with Gasteiger partial charge < -0.3 is 19.2 Å². The van der Waals surface area contributed by atoms with Crippen molar-refractivity contribution in [1.29, 1.82) is 0 Å². The minimum absolute atomic E-state index is 0.520. The van der Waals surface area contributed by atoms with E-state index < -0.39 is 0 Å². The lowest BCUT2D eigenvalue weighted by Crippen LogP contribution is -1.92. The number of hydrogen-bond donors (Lipinski definition) is 1. The quantitative estimate of drug-likeness (QED) is 0.509. The Morgan fingerprint density at radius 2 is 1.80 bits per heavy atom. The topological polar surface area (TPSA) is 95.1 Å². The van der Waals surface area contributed by atoms with E-state index in [-0.39, 0.29) is 0 Å². The van der Waals surface area contributed by atoms with Gasteiger partial charge in [0.05, 0.1) is 11.8 Å². The molecule has 4 aromatic rings. The van der Waals surface area contributed by atoms with Crippen LogP contribution in [-0.4, -0.2) is 50.5 Å². The van der Waals surface area contributed by atoms with Crippen molar-refractivity contribution in [3.05, 3.63) is 59.6 Å². The molecule has 0 radical (unpaired) electrons. The molecule has 0 atom stereocenters. The summed E-state index contributed by atoms with van der Waals surface area (Å²) in [5.41, 5.74) is 2.33. The van der Waals surface area contributed by atoms with E-state index >= 15 is 0 Å². The fourth-order valence-corrected chi connectivity index (χ4v) is 2.72. The first-order valence-electron chi connectivity index (χ1n) is 9.10. The van der Waals surface area contributed by atoms with Crippen molar-refractivity contribution in [3.63, 3.8) is 0 Å². The number of carbonyl (C=O) groups is 2. The molecular formula is C22H25N3O5. The monoisotopic (exact) mass is 411 g/mol. The zero-order valence-electron chi connectivity index (χ0n) is 17.6. The Kier molecular flexibility index (Phi) is 8.28. The summed E-state index contributed by atoms with van der Waals surface area (Å²) in [6, 6.07) is 8.71. The SMILES string of the molecule is CNC.COC.Cc1oc2cc(Oc3ccnn4cc(C=O)cc34)ccc2c1C=O. The van der Waals surface area contributed by atoms with Crippen molar-refractivity contribution in [2.45, 2.75) is 6.92 Å². The molecule has 3 heterocycles. The van der Waals surface area contributed by atoms with Crippen LogP contribution in [0.25, 0.3) is 16.5 Å². The molecule has 0 aliphatic carbocycles. The van der Waals surface area contributed by atoms with Crippen LogP contribution in [0.1, 0.15) is 26.5 Å². The van der Waals surface area contributed by atoms with Gasteiger partial charge in [0.15, 0.2) is 18.3 Å². The van der Waals surface area contributed by atoms with Crippen LogP contribution < -0.4 is 10.1 Å². The molecule has 30 heavy (non-hydrogen) atoms. The van der Waals surface area contributed by atoms with Crippen molar-refractivity contribution in [2.24, 2.45) is 0 Å². The highest BCUT2D eigenvalue weighted by Crippen LogP contribution is 2.31. The first kappa shape index (κ1) is 22.8. The van der Waals surface area contributed by atoms with Gasteiger partial charge >= 0.3 is 0 Å². The molecule has 0 spiro atoms. The van der Waals surface area contributed by atoms with Crippen LogP contribution in [-0.2, 0) is 4.74 Å². The van der Waals surface area contributed by atoms with Gasteiger partial charge in [-0.25, -0.2) is 4.52 Å². The number of nitrogens with one attached hydrogen (secondary N) is 1. The number of hydrogen-bond acceptors (Lipinski definition) is 7. The third kappa shape index (κ3) is 5.11. The number of furan rings is 1. The molecular weight excluding hydrogens is 386 g/mol. The number of fused-ring (bicyclic) bond motifs is 2. The maximum Gasteiger partial charge on any atom is 0.154 e. The van der Waals surface area contributed by atoms with Crippen LogP contribution in [0.15, 0.2) is 47.1 Å². The average Bonchev–Trinajstić information content (AvgIpc) is 3.29. The normalized spacial score (nSPS) is 10.0. The molecule has 0 unspecified atom stereocenters. The molecule has 1 aromatic carbocycles. The third-order valence-electron chi connectivity index (χ3n) is 3.86. The van der Waals surface area contributed by atoms with Gasteiger partial charge in [0.25, 0.3) is 0 Å². The van der Waals surface area contributed by atoms with Crippen LogP contribution in [0.5, 0.6) is 11.5 Å². The molecule has 0 amide bonds. The predicted octanol–water partition coefficient (Wildman–Crippen LogP) is 3.90. The van der Waals surface area contributed by atoms with Gasteiger partial charge in [-0.05, 0) is 39.2 Å². The van der Waals surface area contributed by atoms with Gasteiger partial charge in [-0.15, -0.1) is 0 Å². The molecule has 3 aromatic heterocycles. The number of nitrogens with zero attached hydrogens (tertiary/aromatic N) is 2. The van der Waals surface area contributed by atoms with Crippen LogP contribution in [0, 0.1) is 6.92 Å². The van der Waals surface area contributed by atoms with E-state index in [1.54, 1.807) is 68.4 Å². The number of benzene rings is 1. The fourth-order valence-electron chi connectivity index (χ4n) is 2.72. The zero-order valence-corrected chi connectivity index (χ0v) is 17.6. The lowest BCUT2D eigenvalue weighted by molar-refractivity contribution is 0.111. The summed E-state index contributed by atoms with van der Waals surface area (Å²) in [5, 5.41) is 7.65. The molecule has 158 valence electrons. The number of ether oxygens (including phenoxy) is 2. The van der Waals surface area contributed by atoms with Gasteiger partial charge in [-0.3, -0.25) is 9.59 Å². The minimum Gasteiger partial charge on any atom is -0.460 e. The summed E-state index contributed by atoms with van der Waals surface area (Å²) >= 11 is 0. The second-order valence-electron chi connectivity index (χ2n) is 6.27. The molecule has 0 aliphatic heterocycles. The van der Waals surface area contributed by atoms with Gasteiger partial charge in [0.1, 0.15) is 22.6 Å². The number of aldehydes is 2. The Bertz CT molecular complexity index is 1130. The van der Waals surface area contributed by atoms with Crippen LogP contribution in [0.2, 0.25) is 0 Å². The Morgan fingerprint density at radius 3 is 2.43 bits per heavy atom. The molecule has 8 nitrogen and oxygen atoms in total. The summed E-state index contributed by atoms with van der Waals surface area (Å²) in [4.78, 5) is 22.1. The molecule has 8 heteroatoms. The molecule has 0 fully saturated rings. The van der Waals surface area contributed by atoms with Crippen molar-refractivity contribution >= 4 is 29.1 Å². The largest absolute Gasteiger partial charge is 0.460 e. The van der Waals surface area contributed by atoms with E-state index in [1.807, 2.05) is 14.1 Å². The van der Waals surface area contributed by atoms with Gasteiger partial charge in [0, 0.05) is 43.5 Å². The van der Waals surface area contributed by atoms with Crippen molar-refractivity contribution in [2.75, 3.05) is 28.3 Å². The molecule has 0 aliphatic rings. The Balaban J connectivity index is 0.000000480. The van der Waals surface area contributed by atoms with Gasteiger partial charge in [0.2, 0.25) is 0 Å². The second kappa shape index (κ2) is 10.9. The lowest BCUT2D eigenvalue weighted by atomic mass is 10.1. The summed E-state index contributed by atoms with van der Waals surface area (Å²) < 4.78 is 17.3. The van der Waals surface area contributed by atoms with Crippen LogP contribution >= 0.6 is 0 Å². The van der Waals surface area contributed by atoms with Crippen LogP contribution in [0.3, 0.4) is 0 Å². The average molecular weight is 411 g/mol. The summed E-state index contributed by atoms with van der Waals surface area (Å²) in [6.07, 6.45) is 4.77. The van der Waals surface area contributed by atoms with Crippen molar-refractivity contribution in [3.8, 4) is 11.5 Å². The summed E-state index contributed by atoms with van der Waals surface area (Å²) in [7, 11) is 7.00. The highest BCUT2D eigenvalue weighted by Gasteiger charge is 2.12. The highest BCUT2D eigenvalue weighted by molar-refractivity contribution is 5.97. The van der Waals surface area contributed by atoms with Gasteiger partial charge in [-0.1, -0.05) is 0 Å². The Morgan fingerprint density at radius 1 is 1.10 bits per heavy atom. The Labute approximate surface area is 174 Å². The van der Waals surface area contributed by atoms with Gasteiger partial charge in [-0.2, -0.15) is 5.10 Å². The maximum atomic E-state index is 11.1. The van der Waals surface area contributed by atoms with Crippen molar-refractivity contribution in [1.82, 2.24) is 14.9 Å². The first-order valence-corrected chi connectivity index (χ1v) is 9.10. The van der Waals surface area contributed by atoms with E-state index in [4.69, 9.17) is 9.15 Å². The molecule has 0 bridgehead atoms. The summed E-state index contributed by atoms with van der Waals surface area (Å²) in [6.45, 7) is 1.75. The number of carbonyl (C=O) groups excluding carboxylic acids is 2. The van der Waals surface area contributed by atoms with Crippen molar-refractivity contribution < 1.29 is 23.5 Å². The van der Waals surface area contributed by atoms with E-state index in [0.717, 1.165) is 18.0 Å². The molecule has 0 saturated heterocycles. The zero-order chi connectivity index (χ0) is 22.1. The van der Waals surface area contributed by atoms with E-state index in [9.17, 15) is 9.59 Å². The molecule has 1 N–H and O–H groups in total. The van der Waals surface area contributed by atoms with Crippen LogP contribution in [0.4, 0.5) is 0 Å². The smallest absolute Gasteiger partial charge is 0.154 e. The number of rotatable bonds is 4. The summed E-state index contributed by atoms with van der Waals surface area (Å²) in [5.74, 6) is 1.71. The third-order valence-corrected chi connectivity index (χ3v) is 3.86. The number of aromatic nitrogens is 2. The highest BCUT2D eigenvalue weighted by atomic mass is 16.5. The number of aryl methyl sites for hydroxylation is 1. The lowest BCUT2D eigenvalue weighted by Gasteiger charge is -2.07. The molecule has 4 rings (SSSR count). The predicted molar refractivity (Wildman–Crippen MR) is 115 cm³/mol. The second-order valence-corrected chi connectivity index (χ2v) is 6.27. The minimum atomic E-state index is 0.520. The molecule has 0 saturated carbocycles. The van der Waals surface area contributed by atoms with E-state index in [1.165, 1.54) is 0 Å². The fraction of sp³-hybridized carbons (Fsp3) is 0.227. The Hall–Kier alpha value is -3.49.